The van der Waals surface area contributed by atoms with Gasteiger partial charge in [-0.05, 0) is 56.4 Å². The fourth-order valence-electron chi connectivity index (χ4n) is 6.71. The lowest BCUT2D eigenvalue weighted by molar-refractivity contribution is -0.144. The first-order chi connectivity index (χ1) is 20.3. The van der Waals surface area contributed by atoms with Gasteiger partial charge in [0.15, 0.2) is 0 Å². The number of carbonyl (C=O) groups is 4. The van der Waals surface area contributed by atoms with Gasteiger partial charge in [0.25, 0.3) is 5.91 Å². The Labute approximate surface area is 249 Å². The smallest absolute Gasteiger partial charge is 0.290 e. The Hall–Kier alpha value is -2.95. The van der Waals surface area contributed by atoms with Crippen molar-refractivity contribution < 1.29 is 23.7 Å². The van der Waals surface area contributed by atoms with Gasteiger partial charge >= 0.3 is 0 Å². The summed E-state index contributed by atoms with van der Waals surface area (Å²) in [4.78, 5) is 57.6. The number of nitrogens with zero attached hydrogens (tertiary/aromatic N) is 3. The molecule has 4 rings (SSSR count). The SMILES string of the molecule is CC[C@H](C)[C@H](NC(=O)[C@H](CC1CCCCC1)NC(=O)c1ccno1)C(=O)N1CCCC(C(=O)N2CCC(CN)CC2)C1. The van der Waals surface area contributed by atoms with Gasteiger partial charge in [0, 0.05) is 32.2 Å². The molecule has 1 unspecified atom stereocenters. The largest absolute Gasteiger partial charge is 0.351 e. The molecule has 234 valence electrons. The molecule has 1 saturated carbocycles. The molecule has 1 aliphatic carbocycles. The number of likely N-dealkylation sites (tertiary alicyclic amines) is 2. The van der Waals surface area contributed by atoms with Gasteiger partial charge in [0.1, 0.15) is 12.1 Å². The highest BCUT2D eigenvalue weighted by Gasteiger charge is 2.38. The summed E-state index contributed by atoms with van der Waals surface area (Å²) in [5.41, 5.74) is 5.82. The molecule has 11 nitrogen and oxygen atoms in total. The minimum absolute atomic E-state index is 0.0438. The second-order valence-electron chi connectivity index (χ2n) is 12.6. The molecule has 0 aromatic carbocycles. The molecule has 2 aliphatic heterocycles. The van der Waals surface area contributed by atoms with Crippen molar-refractivity contribution in [3.05, 3.63) is 18.0 Å². The molecule has 1 aromatic heterocycles. The van der Waals surface area contributed by atoms with Crippen LogP contribution < -0.4 is 16.4 Å². The number of amides is 4. The molecule has 3 heterocycles. The third kappa shape index (κ3) is 8.33. The molecule has 3 aliphatic rings. The van der Waals surface area contributed by atoms with E-state index in [-0.39, 0.29) is 35.3 Å². The lowest BCUT2D eigenvalue weighted by Crippen LogP contribution is -2.58. The van der Waals surface area contributed by atoms with Gasteiger partial charge < -0.3 is 30.7 Å². The number of nitrogens with one attached hydrogen (secondary N) is 2. The van der Waals surface area contributed by atoms with Gasteiger partial charge in [-0.1, -0.05) is 57.5 Å². The Kier molecular flexibility index (Phi) is 11.8. The number of piperidine rings is 2. The fourth-order valence-corrected chi connectivity index (χ4v) is 6.71. The van der Waals surface area contributed by atoms with Crippen LogP contribution in [0.5, 0.6) is 0 Å². The van der Waals surface area contributed by atoms with Crippen LogP contribution in [0.4, 0.5) is 0 Å². The van der Waals surface area contributed by atoms with Crippen molar-refractivity contribution in [3.8, 4) is 0 Å². The highest BCUT2D eigenvalue weighted by Crippen LogP contribution is 2.28. The van der Waals surface area contributed by atoms with Crippen LogP contribution in [0.1, 0.15) is 95.0 Å². The number of carbonyl (C=O) groups excluding carboxylic acids is 4. The van der Waals surface area contributed by atoms with E-state index in [9.17, 15) is 19.2 Å². The third-order valence-electron chi connectivity index (χ3n) is 9.70. The van der Waals surface area contributed by atoms with Gasteiger partial charge in [-0.3, -0.25) is 19.2 Å². The van der Waals surface area contributed by atoms with E-state index < -0.39 is 18.0 Å². The van der Waals surface area contributed by atoms with Crippen molar-refractivity contribution in [2.45, 2.75) is 96.6 Å². The molecular weight excluding hydrogens is 536 g/mol. The van der Waals surface area contributed by atoms with Crippen molar-refractivity contribution in [2.75, 3.05) is 32.7 Å². The molecule has 0 radical (unpaired) electrons. The van der Waals surface area contributed by atoms with Crippen molar-refractivity contribution in [1.29, 1.82) is 0 Å². The number of nitrogens with two attached hydrogens (primary N) is 1. The highest BCUT2D eigenvalue weighted by atomic mass is 16.5. The van der Waals surface area contributed by atoms with Crippen LogP contribution in [0.15, 0.2) is 16.8 Å². The van der Waals surface area contributed by atoms with Gasteiger partial charge in [0.2, 0.25) is 23.5 Å². The topological polar surface area (TPSA) is 151 Å². The maximum atomic E-state index is 13.9. The summed E-state index contributed by atoms with van der Waals surface area (Å²) >= 11 is 0. The zero-order valence-electron chi connectivity index (χ0n) is 25.4. The summed E-state index contributed by atoms with van der Waals surface area (Å²) in [6, 6.07) is -0.0740. The molecule has 2 saturated heterocycles. The Morgan fingerprint density at radius 2 is 1.71 bits per heavy atom. The monoisotopic (exact) mass is 586 g/mol. The van der Waals surface area contributed by atoms with Crippen LogP contribution in [0.3, 0.4) is 0 Å². The molecule has 3 fully saturated rings. The number of aromatic nitrogens is 1. The van der Waals surface area contributed by atoms with E-state index in [1.165, 1.54) is 18.7 Å². The maximum absolute atomic E-state index is 13.9. The second-order valence-corrected chi connectivity index (χ2v) is 12.6. The van der Waals surface area contributed by atoms with E-state index in [4.69, 9.17) is 10.3 Å². The van der Waals surface area contributed by atoms with E-state index in [1.807, 2.05) is 18.7 Å². The van der Waals surface area contributed by atoms with Crippen LogP contribution in [-0.2, 0) is 14.4 Å². The second kappa shape index (κ2) is 15.5. The number of hydrogen-bond donors (Lipinski definition) is 3. The quantitative estimate of drug-likeness (QED) is 0.361. The van der Waals surface area contributed by atoms with E-state index in [1.54, 1.807) is 4.90 Å². The summed E-state index contributed by atoms with van der Waals surface area (Å²) in [6.45, 7) is 6.98. The predicted molar refractivity (Wildman–Crippen MR) is 158 cm³/mol. The highest BCUT2D eigenvalue weighted by molar-refractivity contribution is 5.96. The maximum Gasteiger partial charge on any atom is 0.290 e. The first-order valence-corrected chi connectivity index (χ1v) is 16.1. The van der Waals surface area contributed by atoms with Crippen LogP contribution in [-0.4, -0.2) is 83.4 Å². The average molecular weight is 587 g/mol. The van der Waals surface area contributed by atoms with Crippen LogP contribution >= 0.6 is 0 Å². The van der Waals surface area contributed by atoms with E-state index >= 15 is 0 Å². The zero-order chi connectivity index (χ0) is 30.1. The van der Waals surface area contributed by atoms with Gasteiger partial charge in [-0.2, -0.15) is 0 Å². The molecule has 4 N–H and O–H groups in total. The Morgan fingerprint density at radius 3 is 2.36 bits per heavy atom. The van der Waals surface area contributed by atoms with Crippen molar-refractivity contribution in [2.24, 2.45) is 29.4 Å². The van der Waals surface area contributed by atoms with Gasteiger partial charge in [-0.25, -0.2) is 0 Å². The first-order valence-electron chi connectivity index (χ1n) is 16.1. The molecule has 4 atom stereocenters. The molecule has 4 amide bonds. The Morgan fingerprint density at radius 1 is 0.976 bits per heavy atom. The third-order valence-corrected chi connectivity index (χ3v) is 9.70. The standard InChI is InChI=1S/C31H50N6O5/c1-3-21(2)27(31(41)37-15-7-10-24(20-37)30(40)36-16-12-23(19-32)13-17-36)35-28(38)25(18-22-8-5-4-6-9-22)34-29(39)26-11-14-33-42-26/h11,14,21-25,27H,3-10,12-13,15-20,32H2,1-2H3,(H,34,39)(H,35,38)/t21-,24?,25-,27-/m0/s1. The van der Waals surface area contributed by atoms with Gasteiger partial charge in [-0.15, -0.1) is 0 Å². The molecule has 11 heteroatoms. The van der Waals surface area contributed by atoms with E-state index in [2.05, 4.69) is 15.8 Å². The molecular formula is C31H50N6O5. The Balaban J connectivity index is 1.42. The van der Waals surface area contributed by atoms with Crippen molar-refractivity contribution in [3.63, 3.8) is 0 Å². The van der Waals surface area contributed by atoms with Crippen LogP contribution in [0, 0.1) is 23.7 Å². The predicted octanol–water partition coefficient (Wildman–Crippen LogP) is 2.71. The first kappa shape index (κ1) is 32.0. The van der Waals surface area contributed by atoms with E-state index in [0.29, 0.717) is 44.3 Å². The zero-order valence-corrected chi connectivity index (χ0v) is 25.4. The lowest BCUT2D eigenvalue weighted by atomic mass is 9.84. The number of rotatable bonds is 11. The van der Waals surface area contributed by atoms with Crippen molar-refractivity contribution in [1.82, 2.24) is 25.6 Å². The van der Waals surface area contributed by atoms with E-state index in [0.717, 1.165) is 64.5 Å². The summed E-state index contributed by atoms with van der Waals surface area (Å²) in [6.07, 6.45) is 11.4. The summed E-state index contributed by atoms with van der Waals surface area (Å²) in [5, 5.41) is 9.48. The van der Waals surface area contributed by atoms with Gasteiger partial charge in [0.05, 0.1) is 12.1 Å². The van der Waals surface area contributed by atoms with Crippen LogP contribution in [0.2, 0.25) is 0 Å². The minimum atomic E-state index is -0.794. The van der Waals surface area contributed by atoms with Crippen molar-refractivity contribution >= 4 is 23.6 Å². The minimum Gasteiger partial charge on any atom is -0.351 e. The average Bonchev–Trinajstić information content (AvgIpc) is 3.58. The Bertz CT molecular complexity index is 1030. The van der Waals surface area contributed by atoms with Crippen LogP contribution in [0.25, 0.3) is 0 Å². The molecule has 42 heavy (non-hydrogen) atoms. The normalized spacial score (nSPS) is 22.7. The molecule has 0 bridgehead atoms. The number of hydrogen-bond acceptors (Lipinski definition) is 7. The summed E-state index contributed by atoms with van der Waals surface area (Å²) in [7, 11) is 0. The fraction of sp³-hybridized carbons (Fsp3) is 0.774. The summed E-state index contributed by atoms with van der Waals surface area (Å²) < 4.78 is 5.01. The molecule has 1 aromatic rings. The summed E-state index contributed by atoms with van der Waals surface area (Å²) in [5.74, 6) is -0.403. The lowest BCUT2D eigenvalue weighted by Gasteiger charge is -2.39. The molecule has 0 spiro atoms.